The summed E-state index contributed by atoms with van der Waals surface area (Å²) >= 11 is 1.16. The fourth-order valence-electron chi connectivity index (χ4n) is 3.30. The van der Waals surface area contributed by atoms with Crippen molar-refractivity contribution in [3.05, 3.63) is 94.0 Å². The van der Waals surface area contributed by atoms with Crippen LogP contribution >= 0.6 is 11.8 Å². The minimum Gasteiger partial charge on any atom is -0.325 e. The van der Waals surface area contributed by atoms with Gasteiger partial charge in [-0.3, -0.25) is 14.2 Å². The summed E-state index contributed by atoms with van der Waals surface area (Å²) in [5, 5.41) is 3.72. The lowest BCUT2D eigenvalue weighted by Crippen LogP contribution is -2.23. The maximum Gasteiger partial charge on any atom is 0.266 e. The van der Waals surface area contributed by atoms with E-state index in [0.29, 0.717) is 21.7 Å². The van der Waals surface area contributed by atoms with E-state index in [0.717, 1.165) is 28.6 Å². The number of rotatable bonds is 5. The van der Waals surface area contributed by atoms with Crippen LogP contribution in [0.3, 0.4) is 0 Å². The van der Waals surface area contributed by atoms with Gasteiger partial charge in [0.1, 0.15) is 5.82 Å². The van der Waals surface area contributed by atoms with Gasteiger partial charge in [0.05, 0.1) is 22.3 Å². The molecule has 1 heterocycles. The Morgan fingerprint density at radius 3 is 2.55 bits per heavy atom. The number of carbonyl (C=O) groups excluding carboxylic acids is 1. The summed E-state index contributed by atoms with van der Waals surface area (Å²) in [5.41, 5.74) is 3.61. The fraction of sp³-hybridized carbons (Fsp3) is 0.125. The van der Waals surface area contributed by atoms with Crippen molar-refractivity contribution in [2.45, 2.75) is 19.0 Å². The van der Waals surface area contributed by atoms with E-state index in [-0.39, 0.29) is 17.2 Å². The number of nitrogens with zero attached hydrogens (tertiary/aromatic N) is 2. The number of carbonyl (C=O) groups is 1. The molecule has 0 unspecified atom stereocenters. The predicted molar refractivity (Wildman–Crippen MR) is 123 cm³/mol. The molecule has 5 nitrogen and oxygen atoms in total. The first kappa shape index (κ1) is 20.8. The number of aryl methyl sites for hydroxylation is 2. The Hall–Kier alpha value is -3.45. The second-order valence-corrected chi connectivity index (χ2v) is 8.13. The van der Waals surface area contributed by atoms with Gasteiger partial charge in [0.25, 0.3) is 5.56 Å². The molecule has 0 aliphatic carbocycles. The highest BCUT2D eigenvalue weighted by Crippen LogP contribution is 2.22. The minimum absolute atomic E-state index is 0.0687. The standard InChI is InChI=1S/C24H20FN3O2S/c1-15-7-12-20(16(2)13-15)26-22(29)14-31-24-27-21-6-4-3-5-19(21)23(30)28(24)18-10-8-17(25)9-11-18/h3-13H,14H2,1-2H3,(H,26,29). The third-order valence-corrected chi connectivity index (χ3v) is 5.76. The Morgan fingerprint density at radius 2 is 1.81 bits per heavy atom. The van der Waals surface area contributed by atoms with Gasteiger partial charge >= 0.3 is 0 Å². The van der Waals surface area contributed by atoms with Crippen molar-refractivity contribution in [1.82, 2.24) is 9.55 Å². The Labute approximate surface area is 182 Å². The number of hydrogen-bond acceptors (Lipinski definition) is 4. The van der Waals surface area contributed by atoms with Gasteiger partial charge in [-0.05, 0) is 61.9 Å². The number of amides is 1. The average Bonchev–Trinajstić information content (AvgIpc) is 2.75. The van der Waals surface area contributed by atoms with Crippen molar-refractivity contribution >= 4 is 34.3 Å². The summed E-state index contributed by atoms with van der Waals surface area (Å²) in [5.74, 6) is -0.531. The number of nitrogens with one attached hydrogen (secondary N) is 1. The molecule has 0 aliphatic heterocycles. The molecule has 0 saturated heterocycles. The lowest BCUT2D eigenvalue weighted by atomic mass is 10.1. The Balaban J connectivity index is 1.66. The lowest BCUT2D eigenvalue weighted by Gasteiger charge is -2.13. The number of para-hydroxylation sites is 1. The number of aromatic nitrogens is 2. The molecule has 0 bridgehead atoms. The van der Waals surface area contributed by atoms with E-state index in [1.165, 1.54) is 28.8 Å². The van der Waals surface area contributed by atoms with Crippen LogP contribution in [0.2, 0.25) is 0 Å². The number of halogens is 1. The second-order valence-electron chi connectivity index (χ2n) is 7.18. The SMILES string of the molecule is Cc1ccc(NC(=O)CSc2nc3ccccc3c(=O)n2-c2ccc(F)cc2)c(C)c1. The first-order valence-electron chi connectivity index (χ1n) is 9.70. The Morgan fingerprint density at radius 1 is 1.06 bits per heavy atom. The van der Waals surface area contributed by atoms with E-state index in [2.05, 4.69) is 10.3 Å². The zero-order valence-electron chi connectivity index (χ0n) is 17.1. The van der Waals surface area contributed by atoms with Gasteiger partial charge in [0, 0.05) is 5.69 Å². The second kappa shape index (κ2) is 8.73. The van der Waals surface area contributed by atoms with E-state index in [9.17, 15) is 14.0 Å². The number of fused-ring (bicyclic) bond motifs is 1. The topological polar surface area (TPSA) is 64.0 Å². The summed E-state index contributed by atoms with van der Waals surface area (Å²) in [6, 6.07) is 18.5. The van der Waals surface area contributed by atoms with Gasteiger partial charge in [-0.25, -0.2) is 9.37 Å². The fourth-order valence-corrected chi connectivity index (χ4v) is 4.11. The molecule has 1 aromatic heterocycles. The van der Waals surface area contributed by atoms with Crippen LogP contribution in [0.4, 0.5) is 10.1 Å². The Kier molecular flexibility index (Phi) is 5.86. The number of thioether (sulfide) groups is 1. The third kappa shape index (κ3) is 4.51. The quantitative estimate of drug-likeness (QED) is 0.360. The Bertz CT molecular complexity index is 1330. The molecule has 1 N–H and O–H groups in total. The predicted octanol–water partition coefficient (Wildman–Crippen LogP) is 4.87. The molecule has 0 saturated carbocycles. The maximum atomic E-state index is 13.4. The summed E-state index contributed by atoms with van der Waals surface area (Å²) < 4.78 is 14.8. The zero-order valence-corrected chi connectivity index (χ0v) is 17.9. The van der Waals surface area contributed by atoms with Gasteiger partial charge < -0.3 is 5.32 Å². The monoisotopic (exact) mass is 433 g/mol. The molecule has 7 heteroatoms. The van der Waals surface area contributed by atoms with E-state index in [1.54, 1.807) is 24.3 Å². The van der Waals surface area contributed by atoms with Crippen molar-refractivity contribution in [1.29, 1.82) is 0 Å². The van der Waals surface area contributed by atoms with Crippen LogP contribution in [0.15, 0.2) is 76.7 Å². The van der Waals surface area contributed by atoms with Crippen molar-refractivity contribution in [3.8, 4) is 5.69 Å². The van der Waals surface area contributed by atoms with Crippen molar-refractivity contribution in [3.63, 3.8) is 0 Å². The summed E-state index contributed by atoms with van der Waals surface area (Å²) in [6.07, 6.45) is 0. The average molecular weight is 434 g/mol. The molecule has 4 aromatic rings. The highest BCUT2D eigenvalue weighted by molar-refractivity contribution is 7.99. The van der Waals surface area contributed by atoms with E-state index in [1.807, 2.05) is 32.0 Å². The summed E-state index contributed by atoms with van der Waals surface area (Å²) in [7, 11) is 0. The normalized spacial score (nSPS) is 10.9. The third-order valence-electron chi connectivity index (χ3n) is 4.82. The van der Waals surface area contributed by atoms with E-state index in [4.69, 9.17) is 0 Å². The van der Waals surface area contributed by atoms with Gasteiger partial charge in [-0.1, -0.05) is 41.6 Å². The van der Waals surface area contributed by atoms with Crippen LogP contribution < -0.4 is 10.9 Å². The van der Waals surface area contributed by atoms with Crippen molar-refractivity contribution in [2.24, 2.45) is 0 Å². The van der Waals surface area contributed by atoms with Crippen LogP contribution in [0.5, 0.6) is 0 Å². The molecule has 156 valence electrons. The minimum atomic E-state index is -0.396. The van der Waals surface area contributed by atoms with E-state index < -0.39 is 5.82 Å². The van der Waals surface area contributed by atoms with Gasteiger partial charge in [0.15, 0.2) is 5.16 Å². The largest absolute Gasteiger partial charge is 0.325 e. The smallest absolute Gasteiger partial charge is 0.266 e. The molecule has 4 rings (SSSR count). The van der Waals surface area contributed by atoms with Gasteiger partial charge in [-0.2, -0.15) is 0 Å². The van der Waals surface area contributed by atoms with Gasteiger partial charge in [0.2, 0.25) is 5.91 Å². The number of benzene rings is 3. The van der Waals surface area contributed by atoms with Crippen LogP contribution in [0.1, 0.15) is 11.1 Å². The summed E-state index contributed by atoms with van der Waals surface area (Å²) in [4.78, 5) is 30.3. The maximum absolute atomic E-state index is 13.4. The molecule has 0 spiro atoms. The van der Waals surface area contributed by atoms with Crippen molar-refractivity contribution < 1.29 is 9.18 Å². The van der Waals surface area contributed by atoms with E-state index >= 15 is 0 Å². The molecular formula is C24H20FN3O2S. The lowest BCUT2D eigenvalue weighted by molar-refractivity contribution is -0.113. The zero-order chi connectivity index (χ0) is 22.0. The highest BCUT2D eigenvalue weighted by Gasteiger charge is 2.15. The molecule has 1 amide bonds. The summed E-state index contributed by atoms with van der Waals surface area (Å²) in [6.45, 7) is 3.93. The number of hydrogen-bond donors (Lipinski definition) is 1. The van der Waals surface area contributed by atoms with Crippen LogP contribution in [-0.2, 0) is 4.79 Å². The molecular weight excluding hydrogens is 413 g/mol. The first-order valence-corrected chi connectivity index (χ1v) is 10.7. The molecule has 0 aliphatic rings. The van der Waals surface area contributed by atoms with Crippen LogP contribution in [0, 0.1) is 19.7 Å². The van der Waals surface area contributed by atoms with Crippen LogP contribution in [-0.4, -0.2) is 21.2 Å². The molecule has 0 fully saturated rings. The molecule has 0 atom stereocenters. The number of anilines is 1. The van der Waals surface area contributed by atoms with Crippen molar-refractivity contribution in [2.75, 3.05) is 11.1 Å². The highest BCUT2D eigenvalue weighted by atomic mass is 32.2. The molecule has 0 radical (unpaired) electrons. The molecule has 3 aromatic carbocycles. The van der Waals surface area contributed by atoms with Crippen LogP contribution in [0.25, 0.3) is 16.6 Å². The molecule has 31 heavy (non-hydrogen) atoms. The van der Waals surface area contributed by atoms with Gasteiger partial charge in [-0.15, -0.1) is 0 Å². The first-order chi connectivity index (χ1) is 14.9.